The molecule has 0 bridgehead atoms. The number of anilines is 1. The summed E-state index contributed by atoms with van der Waals surface area (Å²) in [4.78, 5) is 39.6. The average Bonchev–Trinajstić information content (AvgIpc) is 3.00. The van der Waals surface area contributed by atoms with Gasteiger partial charge in [-0.3, -0.25) is 14.9 Å². The Bertz CT molecular complexity index is 1640. The molecule has 2 aliphatic carbocycles. The molecule has 1 aliphatic heterocycles. The van der Waals surface area contributed by atoms with Crippen LogP contribution in [0.1, 0.15) is 68.8 Å². The van der Waals surface area contributed by atoms with Crippen LogP contribution in [0.5, 0.6) is 11.5 Å². The first kappa shape index (κ1) is 32.4. The van der Waals surface area contributed by atoms with Crippen molar-refractivity contribution in [2.75, 3.05) is 11.9 Å². The number of ketones is 2. The van der Waals surface area contributed by atoms with Crippen molar-refractivity contribution in [2.45, 2.75) is 62.4 Å². The van der Waals surface area contributed by atoms with E-state index in [1.165, 1.54) is 12.1 Å². The lowest BCUT2D eigenvalue weighted by Crippen LogP contribution is -2.52. The summed E-state index contributed by atoms with van der Waals surface area (Å²) in [5, 5.41) is 47.6. The maximum absolute atomic E-state index is 13.5. The molecule has 1 saturated heterocycles. The topological polar surface area (TPSA) is 198 Å². The highest BCUT2D eigenvalue weighted by Gasteiger charge is 2.48. The number of hydrogen-bond acceptors (Lipinski definition) is 11. The lowest BCUT2D eigenvalue weighted by Gasteiger charge is -2.42. The maximum atomic E-state index is 13.5. The molecule has 3 aromatic rings. The Morgan fingerprint density at radius 1 is 1.02 bits per heavy atom. The zero-order valence-electron chi connectivity index (χ0n) is 24.1. The van der Waals surface area contributed by atoms with Gasteiger partial charge >= 0.3 is 6.09 Å². The fourth-order valence-corrected chi connectivity index (χ4v) is 6.22. The van der Waals surface area contributed by atoms with Crippen molar-refractivity contribution in [1.29, 1.82) is 0 Å². The molecule has 1 heterocycles. The molecule has 0 radical (unpaired) electrons. The van der Waals surface area contributed by atoms with Crippen molar-refractivity contribution < 1.29 is 49.0 Å². The number of para-hydroxylation sites is 1. The number of nitrogens with one attached hydrogen (secondary N) is 1. The molecule has 3 aromatic carbocycles. The highest BCUT2D eigenvalue weighted by molar-refractivity contribution is 6.30. The number of aliphatic hydroxyl groups excluding tert-OH is 1. The molecule has 6 atom stereocenters. The van der Waals surface area contributed by atoms with E-state index in [9.17, 15) is 34.8 Å². The quantitative estimate of drug-likeness (QED) is 0.175. The van der Waals surface area contributed by atoms with E-state index >= 15 is 0 Å². The van der Waals surface area contributed by atoms with Crippen LogP contribution in [0.25, 0.3) is 0 Å². The van der Waals surface area contributed by atoms with Gasteiger partial charge in [0, 0.05) is 53.2 Å². The van der Waals surface area contributed by atoms with Gasteiger partial charge in [0.25, 0.3) is 0 Å². The Morgan fingerprint density at radius 2 is 1.62 bits per heavy atom. The zero-order valence-corrected chi connectivity index (χ0v) is 25.0. The smallest absolute Gasteiger partial charge is 0.411 e. The summed E-state index contributed by atoms with van der Waals surface area (Å²) in [6.45, 7) is 1.07. The number of phenolic OH excluding ortho intramolecular Hbond substituents is 2. The van der Waals surface area contributed by atoms with Crippen LogP contribution in [0.2, 0.25) is 0 Å². The standard InChI is InChI=1S/C32H32N2O10.ClH/c1-15-26(35)20(33)11-22(43-15)44-21-13-32(41,14-42-31(40)34-16-7-3-2-4-8-16)12-19-23(21)30(39)25-24(29(19)38)27(36)17-9-5-6-10-18(17)28(25)37;/h2-10,15,20-22,26,35,38-39,41H,11-14,33H2,1H3,(H,34,40);1H/t15-,20-,21-,22-,26-,32-;/m0./s1. The van der Waals surface area contributed by atoms with E-state index in [4.69, 9.17) is 19.9 Å². The van der Waals surface area contributed by atoms with Gasteiger partial charge in [-0.1, -0.05) is 42.5 Å². The highest BCUT2D eigenvalue weighted by Crippen LogP contribution is 2.51. The fraction of sp³-hybridized carbons (Fsp3) is 0.344. The van der Waals surface area contributed by atoms with Crippen molar-refractivity contribution >= 4 is 35.8 Å². The lowest BCUT2D eigenvalue weighted by atomic mass is 9.73. The minimum absolute atomic E-state index is 0. The van der Waals surface area contributed by atoms with E-state index in [-0.39, 0.29) is 65.1 Å². The number of phenols is 2. The number of amides is 1. The van der Waals surface area contributed by atoms with Gasteiger partial charge in [0.15, 0.2) is 17.9 Å². The van der Waals surface area contributed by atoms with Crippen molar-refractivity contribution in [3.63, 3.8) is 0 Å². The number of nitrogens with two attached hydrogens (primary N) is 1. The number of carbonyl (C=O) groups excluding carboxylic acids is 3. The Kier molecular flexibility index (Phi) is 8.91. The number of hydrogen-bond donors (Lipinski definition) is 6. The molecule has 13 heteroatoms. The van der Waals surface area contributed by atoms with E-state index in [0.717, 1.165) is 0 Å². The summed E-state index contributed by atoms with van der Waals surface area (Å²) in [5.41, 5.74) is 4.06. The summed E-state index contributed by atoms with van der Waals surface area (Å²) in [7, 11) is 0. The highest BCUT2D eigenvalue weighted by atomic mass is 35.5. The van der Waals surface area contributed by atoms with Crippen LogP contribution in [0, 0.1) is 0 Å². The van der Waals surface area contributed by atoms with Gasteiger partial charge in [-0.25, -0.2) is 4.79 Å². The summed E-state index contributed by atoms with van der Waals surface area (Å²) in [6.07, 6.45) is -5.23. The van der Waals surface area contributed by atoms with Crippen LogP contribution in [-0.2, 0) is 20.6 Å². The molecule has 0 spiro atoms. The number of fused-ring (bicyclic) bond motifs is 3. The molecule has 3 aliphatic rings. The Hall–Kier alpha value is -4.04. The van der Waals surface area contributed by atoms with Crippen LogP contribution < -0.4 is 11.1 Å². The largest absolute Gasteiger partial charge is 0.507 e. The Morgan fingerprint density at radius 3 is 2.24 bits per heavy atom. The average molecular weight is 641 g/mol. The van der Waals surface area contributed by atoms with E-state index < -0.39 is 72.0 Å². The molecule has 238 valence electrons. The normalized spacial score (nSPS) is 27.0. The second-order valence-corrected chi connectivity index (χ2v) is 11.5. The van der Waals surface area contributed by atoms with E-state index in [1.807, 2.05) is 0 Å². The summed E-state index contributed by atoms with van der Waals surface area (Å²) >= 11 is 0. The fourth-order valence-electron chi connectivity index (χ4n) is 6.22. The van der Waals surface area contributed by atoms with Crippen LogP contribution in [0.15, 0.2) is 54.6 Å². The third kappa shape index (κ3) is 5.88. The predicted molar refractivity (Wildman–Crippen MR) is 162 cm³/mol. The van der Waals surface area contributed by atoms with E-state index in [2.05, 4.69) is 5.32 Å². The van der Waals surface area contributed by atoms with Gasteiger partial charge in [-0.05, 0) is 19.1 Å². The maximum Gasteiger partial charge on any atom is 0.411 e. The van der Waals surface area contributed by atoms with Crippen molar-refractivity contribution in [2.24, 2.45) is 5.73 Å². The summed E-state index contributed by atoms with van der Waals surface area (Å²) < 4.78 is 17.4. The number of aliphatic hydroxyl groups is 2. The van der Waals surface area contributed by atoms with E-state index in [0.29, 0.717) is 5.69 Å². The Labute approximate surface area is 264 Å². The minimum atomic E-state index is -1.84. The van der Waals surface area contributed by atoms with Crippen molar-refractivity contribution in [1.82, 2.24) is 0 Å². The molecule has 6 rings (SSSR count). The lowest BCUT2D eigenvalue weighted by molar-refractivity contribution is -0.248. The molecule has 7 N–H and O–H groups in total. The second-order valence-electron chi connectivity index (χ2n) is 11.5. The molecule has 1 amide bonds. The predicted octanol–water partition coefficient (Wildman–Crippen LogP) is 3.10. The number of rotatable bonds is 5. The van der Waals surface area contributed by atoms with Crippen LogP contribution >= 0.6 is 12.4 Å². The molecule has 1 fully saturated rings. The third-order valence-corrected chi connectivity index (χ3v) is 8.41. The number of benzene rings is 3. The van der Waals surface area contributed by atoms with E-state index in [1.54, 1.807) is 49.4 Å². The third-order valence-electron chi connectivity index (χ3n) is 8.41. The second kappa shape index (κ2) is 12.4. The van der Waals surface area contributed by atoms with Gasteiger partial charge in [0.2, 0.25) is 0 Å². The van der Waals surface area contributed by atoms with Crippen molar-refractivity contribution in [3.8, 4) is 11.5 Å². The van der Waals surface area contributed by atoms with Gasteiger partial charge in [-0.2, -0.15) is 0 Å². The zero-order chi connectivity index (χ0) is 31.3. The molecule has 0 unspecified atom stereocenters. The van der Waals surface area contributed by atoms with Crippen LogP contribution in [0.3, 0.4) is 0 Å². The molecule has 12 nitrogen and oxygen atoms in total. The first-order chi connectivity index (χ1) is 21.0. The molecule has 0 saturated carbocycles. The minimum Gasteiger partial charge on any atom is -0.507 e. The molecular weight excluding hydrogens is 608 g/mol. The first-order valence-electron chi connectivity index (χ1n) is 14.2. The number of ether oxygens (including phenoxy) is 3. The van der Waals surface area contributed by atoms with Gasteiger partial charge in [-0.15, -0.1) is 12.4 Å². The van der Waals surface area contributed by atoms with Crippen molar-refractivity contribution in [3.05, 3.63) is 88.0 Å². The van der Waals surface area contributed by atoms with Gasteiger partial charge in [0.1, 0.15) is 23.7 Å². The summed E-state index contributed by atoms with van der Waals surface area (Å²) in [6, 6.07) is 13.9. The molecule has 0 aromatic heterocycles. The van der Waals surface area contributed by atoms with Gasteiger partial charge in [0.05, 0.1) is 29.4 Å². The Balaban J connectivity index is 0.00000400. The number of aromatic hydroxyl groups is 2. The summed E-state index contributed by atoms with van der Waals surface area (Å²) in [5.74, 6) is -2.48. The van der Waals surface area contributed by atoms with Crippen LogP contribution in [0.4, 0.5) is 10.5 Å². The molecular formula is C32H33ClN2O10. The first-order valence-corrected chi connectivity index (χ1v) is 14.2. The van der Waals surface area contributed by atoms with Crippen LogP contribution in [-0.4, -0.2) is 74.8 Å². The van der Waals surface area contributed by atoms with Gasteiger partial charge < -0.3 is 40.4 Å². The SMILES string of the molecule is C[C@@H]1O[C@@H](O[C@H]2C[C@](O)(COC(=O)Nc3ccccc3)Cc3c(O)c4c(c(O)c32)C(=O)c2ccccc2C4=O)C[C@H](N)[C@H]1O.Cl. The monoisotopic (exact) mass is 640 g/mol. The number of carbonyl (C=O) groups is 3. The molecule has 45 heavy (non-hydrogen) atoms. The number of halogens is 1.